The van der Waals surface area contributed by atoms with Gasteiger partial charge in [0.1, 0.15) is 18.1 Å². The highest BCUT2D eigenvalue weighted by Gasteiger charge is 2.31. The van der Waals surface area contributed by atoms with Crippen LogP contribution in [0.15, 0.2) is 48.5 Å². The molecule has 1 saturated heterocycles. The second kappa shape index (κ2) is 10.0. The molecule has 162 valence electrons. The number of carbonyl (C=O) groups excluding carboxylic acids is 1. The van der Waals surface area contributed by atoms with E-state index in [1.54, 1.807) is 29.2 Å². The van der Waals surface area contributed by atoms with E-state index in [9.17, 15) is 18.0 Å². The Bertz CT molecular complexity index is 829. The molecule has 0 spiro atoms. The first-order valence-corrected chi connectivity index (χ1v) is 9.89. The Morgan fingerprint density at radius 2 is 1.60 bits per heavy atom. The molecule has 1 aliphatic rings. The first-order chi connectivity index (χ1) is 14.3. The molecule has 30 heavy (non-hydrogen) atoms. The van der Waals surface area contributed by atoms with Crippen molar-refractivity contribution in [3.05, 3.63) is 59.1 Å². The first-order valence-electron chi connectivity index (χ1n) is 9.52. The fourth-order valence-corrected chi connectivity index (χ4v) is 3.27. The molecule has 0 aromatic heterocycles. The van der Waals surface area contributed by atoms with Crippen LogP contribution in [0.2, 0.25) is 5.02 Å². The predicted octanol–water partition coefficient (Wildman–Crippen LogP) is 4.35. The van der Waals surface area contributed by atoms with Gasteiger partial charge in [-0.2, -0.15) is 0 Å². The van der Waals surface area contributed by atoms with E-state index in [-0.39, 0.29) is 11.7 Å². The molecular weight excluding hydrogens is 421 g/mol. The molecule has 9 heteroatoms. The summed E-state index contributed by atoms with van der Waals surface area (Å²) >= 11 is 5.85. The molecule has 0 atom stereocenters. The molecule has 0 radical (unpaired) electrons. The van der Waals surface area contributed by atoms with Crippen molar-refractivity contribution in [1.82, 2.24) is 9.80 Å². The molecular formula is C21H22ClF3N2O3. The van der Waals surface area contributed by atoms with Gasteiger partial charge in [0.25, 0.3) is 0 Å². The van der Waals surface area contributed by atoms with Crippen LogP contribution in [-0.2, 0) is 11.3 Å². The summed E-state index contributed by atoms with van der Waals surface area (Å²) in [5.41, 5.74) is 0.748. The van der Waals surface area contributed by atoms with Gasteiger partial charge in [0.15, 0.2) is 0 Å². The number of halogens is 4. The van der Waals surface area contributed by atoms with Crippen molar-refractivity contribution in [2.75, 3.05) is 32.8 Å². The molecule has 1 amide bonds. The molecule has 5 nitrogen and oxygen atoms in total. The van der Waals surface area contributed by atoms with Crippen molar-refractivity contribution in [3.63, 3.8) is 0 Å². The average Bonchev–Trinajstić information content (AvgIpc) is 2.86. The first kappa shape index (κ1) is 22.2. The van der Waals surface area contributed by atoms with E-state index >= 15 is 0 Å². The quantitative estimate of drug-likeness (QED) is 0.639. The molecule has 1 heterocycles. The Labute approximate surface area is 177 Å². The maximum atomic E-state index is 12.4. The molecule has 2 aromatic carbocycles. The second-order valence-corrected chi connectivity index (χ2v) is 7.34. The summed E-state index contributed by atoms with van der Waals surface area (Å²) in [6.45, 7) is 3.41. The van der Waals surface area contributed by atoms with Crippen molar-refractivity contribution >= 4 is 17.5 Å². The summed E-state index contributed by atoms with van der Waals surface area (Å²) in [7, 11) is 0. The van der Waals surface area contributed by atoms with Crippen LogP contribution in [0.4, 0.5) is 13.2 Å². The number of benzene rings is 2. The van der Waals surface area contributed by atoms with Crippen molar-refractivity contribution in [1.29, 1.82) is 0 Å². The zero-order valence-corrected chi connectivity index (χ0v) is 17.0. The zero-order valence-electron chi connectivity index (χ0n) is 16.2. The molecule has 0 N–H and O–H groups in total. The minimum atomic E-state index is -4.72. The van der Waals surface area contributed by atoms with E-state index < -0.39 is 6.36 Å². The van der Waals surface area contributed by atoms with Crippen molar-refractivity contribution in [2.45, 2.75) is 19.3 Å². The topological polar surface area (TPSA) is 42.0 Å². The minimum Gasteiger partial charge on any atom is -0.492 e. The Morgan fingerprint density at radius 3 is 2.27 bits per heavy atom. The number of rotatable bonds is 7. The molecule has 2 aromatic rings. The molecule has 0 unspecified atom stereocenters. The summed E-state index contributed by atoms with van der Waals surface area (Å²) in [4.78, 5) is 16.3. The minimum absolute atomic E-state index is 0.0201. The van der Waals surface area contributed by atoms with E-state index in [1.165, 1.54) is 24.3 Å². The Hall–Kier alpha value is -2.45. The van der Waals surface area contributed by atoms with Crippen LogP contribution in [0, 0.1) is 0 Å². The van der Waals surface area contributed by atoms with E-state index in [4.69, 9.17) is 16.3 Å². The van der Waals surface area contributed by atoms with Gasteiger partial charge in [-0.3, -0.25) is 9.69 Å². The number of hydrogen-bond acceptors (Lipinski definition) is 4. The van der Waals surface area contributed by atoms with E-state index in [1.807, 2.05) is 0 Å². The van der Waals surface area contributed by atoms with Gasteiger partial charge in [-0.1, -0.05) is 23.7 Å². The Kier molecular flexibility index (Phi) is 7.44. The average molecular weight is 443 g/mol. The number of carbonyl (C=O) groups is 1. The number of alkyl halides is 3. The number of hydrogen-bond donors (Lipinski definition) is 0. The van der Waals surface area contributed by atoms with E-state index in [2.05, 4.69) is 9.64 Å². The van der Waals surface area contributed by atoms with Crippen LogP contribution in [0.1, 0.15) is 12.0 Å². The third-order valence-electron chi connectivity index (χ3n) is 4.70. The van der Waals surface area contributed by atoms with Gasteiger partial charge in [-0.05, 0) is 42.0 Å². The highest BCUT2D eigenvalue weighted by Crippen LogP contribution is 2.23. The molecule has 0 saturated carbocycles. The van der Waals surface area contributed by atoms with Gasteiger partial charge in [0, 0.05) is 44.2 Å². The summed E-state index contributed by atoms with van der Waals surface area (Å²) in [5, 5.41) is 0.649. The van der Waals surface area contributed by atoms with Crippen LogP contribution in [0.25, 0.3) is 0 Å². The number of ether oxygens (including phenoxy) is 2. The summed E-state index contributed by atoms with van der Waals surface area (Å²) < 4.78 is 46.3. The van der Waals surface area contributed by atoms with Gasteiger partial charge < -0.3 is 14.4 Å². The van der Waals surface area contributed by atoms with Crippen molar-refractivity contribution in [2.24, 2.45) is 0 Å². The van der Waals surface area contributed by atoms with Gasteiger partial charge >= 0.3 is 6.36 Å². The number of amides is 1. The van der Waals surface area contributed by atoms with Crippen LogP contribution in [0.3, 0.4) is 0 Å². The summed E-state index contributed by atoms with van der Waals surface area (Å²) in [5.74, 6) is 0.483. The van der Waals surface area contributed by atoms with Crippen LogP contribution in [0.5, 0.6) is 11.5 Å². The molecule has 1 aliphatic heterocycles. The normalized spacial score (nSPS) is 15.7. The molecule has 3 rings (SSSR count). The Balaban J connectivity index is 1.46. The van der Waals surface area contributed by atoms with E-state index in [0.29, 0.717) is 50.8 Å². The van der Waals surface area contributed by atoms with Crippen LogP contribution >= 0.6 is 11.6 Å². The number of nitrogens with zero attached hydrogens (tertiary/aromatic N) is 2. The Morgan fingerprint density at radius 1 is 0.933 bits per heavy atom. The third-order valence-corrected chi connectivity index (χ3v) is 4.95. The molecule has 1 fully saturated rings. The molecule has 0 aliphatic carbocycles. The van der Waals surface area contributed by atoms with Crippen molar-refractivity contribution in [3.8, 4) is 11.5 Å². The summed E-state index contributed by atoms with van der Waals surface area (Å²) in [6, 6.07) is 12.7. The smallest absolute Gasteiger partial charge is 0.492 e. The largest absolute Gasteiger partial charge is 0.573 e. The third kappa shape index (κ3) is 7.11. The van der Waals surface area contributed by atoms with Gasteiger partial charge in [-0.25, -0.2) is 0 Å². The lowest BCUT2D eigenvalue weighted by atomic mass is 10.2. The maximum Gasteiger partial charge on any atom is 0.573 e. The SMILES string of the molecule is O=C1CCN(CCOc2ccc(Cl)cc2)CCN1Cc1ccc(OC(F)(F)F)cc1. The van der Waals surface area contributed by atoms with Crippen molar-refractivity contribution < 1.29 is 27.4 Å². The predicted molar refractivity (Wildman–Crippen MR) is 107 cm³/mol. The van der Waals surface area contributed by atoms with Crippen LogP contribution < -0.4 is 9.47 Å². The highest BCUT2D eigenvalue weighted by atomic mass is 35.5. The fourth-order valence-electron chi connectivity index (χ4n) is 3.14. The standard InChI is InChI=1S/C21H22ClF3N2O3/c22-17-3-7-18(8-4-17)29-14-13-26-10-9-20(28)27(12-11-26)15-16-1-5-19(6-2-16)30-21(23,24)25/h1-8H,9-15H2. The van der Waals surface area contributed by atoms with Gasteiger partial charge in [0.2, 0.25) is 5.91 Å². The zero-order chi connectivity index (χ0) is 21.6. The maximum absolute atomic E-state index is 12.4. The lowest BCUT2D eigenvalue weighted by Crippen LogP contribution is -2.34. The summed E-state index contributed by atoms with van der Waals surface area (Å²) in [6.07, 6.45) is -4.33. The second-order valence-electron chi connectivity index (χ2n) is 6.90. The lowest BCUT2D eigenvalue weighted by molar-refractivity contribution is -0.274. The fraction of sp³-hybridized carbons (Fsp3) is 0.381. The van der Waals surface area contributed by atoms with Gasteiger partial charge in [0.05, 0.1) is 0 Å². The lowest BCUT2D eigenvalue weighted by Gasteiger charge is -2.22. The van der Waals surface area contributed by atoms with Crippen LogP contribution in [-0.4, -0.2) is 54.9 Å². The van der Waals surface area contributed by atoms with E-state index in [0.717, 1.165) is 11.3 Å². The monoisotopic (exact) mass is 442 g/mol. The highest BCUT2D eigenvalue weighted by molar-refractivity contribution is 6.30. The van der Waals surface area contributed by atoms with Gasteiger partial charge in [-0.15, -0.1) is 13.2 Å². The molecule has 0 bridgehead atoms.